The summed E-state index contributed by atoms with van der Waals surface area (Å²) in [6.45, 7) is -0.360. The second-order valence-corrected chi connectivity index (χ2v) is 4.68. The molecule has 2 amide bonds. The molecule has 0 fully saturated rings. The number of hydrogen-bond acceptors (Lipinski definition) is 3. The van der Waals surface area contributed by atoms with Gasteiger partial charge in [0.15, 0.2) is 6.61 Å². The average molecular weight is 352 g/mol. The molecule has 5 nitrogen and oxygen atoms in total. The molecule has 0 saturated carbocycles. The molecule has 0 atom stereocenters. The first kappa shape index (κ1) is 13.1. The maximum Gasteiger partial charge on any atom is 0.274 e. The number of nitrogens with one attached hydrogen (secondary N) is 1. The highest BCUT2D eigenvalue weighted by atomic mass is 79.9. The van der Waals surface area contributed by atoms with E-state index in [1.54, 1.807) is 18.2 Å². The standard InChI is InChI=1S/C9H8Br2N2O3/c10-6-1-5(2-7(11)3-6)9(15)13-16-4-8(12)14/h1-3H,4H2,(H2,12,14)(H,13,15). The van der Waals surface area contributed by atoms with Gasteiger partial charge in [0.25, 0.3) is 5.91 Å². The summed E-state index contributed by atoms with van der Waals surface area (Å²) in [7, 11) is 0. The summed E-state index contributed by atoms with van der Waals surface area (Å²) < 4.78 is 1.50. The highest BCUT2D eigenvalue weighted by Crippen LogP contribution is 2.19. The Kier molecular flexibility index (Phi) is 4.91. The van der Waals surface area contributed by atoms with Gasteiger partial charge < -0.3 is 5.73 Å². The molecule has 0 aromatic heterocycles. The van der Waals surface area contributed by atoms with Crippen LogP contribution in [0.15, 0.2) is 27.1 Å². The van der Waals surface area contributed by atoms with Crippen molar-refractivity contribution in [2.24, 2.45) is 5.73 Å². The van der Waals surface area contributed by atoms with Crippen molar-refractivity contribution >= 4 is 43.7 Å². The van der Waals surface area contributed by atoms with Crippen LogP contribution in [0.3, 0.4) is 0 Å². The van der Waals surface area contributed by atoms with Crippen LogP contribution in [0.5, 0.6) is 0 Å². The lowest BCUT2D eigenvalue weighted by Gasteiger charge is -2.05. The number of amides is 2. The number of carbonyl (C=O) groups excluding carboxylic acids is 2. The van der Waals surface area contributed by atoms with E-state index in [-0.39, 0.29) is 6.61 Å². The Morgan fingerprint density at radius 3 is 2.31 bits per heavy atom. The van der Waals surface area contributed by atoms with Crippen molar-refractivity contribution in [1.29, 1.82) is 0 Å². The molecular formula is C9H8Br2N2O3. The lowest BCUT2D eigenvalue weighted by molar-refractivity contribution is -0.124. The highest BCUT2D eigenvalue weighted by molar-refractivity contribution is 9.11. The van der Waals surface area contributed by atoms with Gasteiger partial charge in [-0.3, -0.25) is 14.4 Å². The predicted molar refractivity (Wildman–Crippen MR) is 64.5 cm³/mol. The van der Waals surface area contributed by atoms with Crippen LogP contribution in [0.25, 0.3) is 0 Å². The van der Waals surface area contributed by atoms with Crippen molar-refractivity contribution < 1.29 is 14.4 Å². The van der Waals surface area contributed by atoms with Crippen LogP contribution in [0, 0.1) is 0 Å². The maximum atomic E-state index is 11.5. The monoisotopic (exact) mass is 350 g/mol. The maximum absolute atomic E-state index is 11.5. The summed E-state index contributed by atoms with van der Waals surface area (Å²) in [6, 6.07) is 5.03. The van der Waals surface area contributed by atoms with E-state index in [1.165, 1.54) is 0 Å². The minimum absolute atomic E-state index is 0.360. The molecule has 7 heteroatoms. The van der Waals surface area contributed by atoms with Crippen molar-refractivity contribution in [2.75, 3.05) is 6.61 Å². The van der Waals surface area contributed by atoms with Crippen molar-refractivity contribution in [2.45, 2.75) is 0 Å². The number of hydrogen-bond donors (Lipinski definition) is 2. The molecule has 86 valence electrons. The molecule has 1 aromatic rings. The molecule has 0 unspecified atom stereocenters. The molecule has 3 N–H and O–H groups in total. The number of hydroxylamine groups is 1. The molecule has 0 bridgehead atoms. The zero-order valence-corrected chi connectivity index (χ0v) is 11.2. The smallest absolute Gasteiger partial charge is 0.274 e. The van der Waals surface area contributed by atoms with Crippen molar-refractivity contribution in [3.63, 3.8) is 0 Å². The van der Waals surface area contributed by atoms with E-state index in [0.29, 0.717) is 5.56 Å². The van der Waals surface area contributed by atoms with Crippen molar-refractivity contribution in [3.05, 3.63) is 32.7 Å². The molecule has 0 heterocycles. The number of primary amides is 1. The third kappa shape index (κ3) is 4.30. The van der Waals surface area contributed by atoms with E-state index in [4.69, 9.17) is 5.73 Å². The Morgan fingerprint density at radius 2 is 1.81 bits per heavy atom. The SMILES string of the molecule is NC(=O)CONC(=O)c1cc(Br)cc(Br)c1. The van der Waals surface area contributed by atoms with Crippen LogP contribution >= 0.6 is 31.9 Å². The second-order valence-electron chi connectivity index (χ2n) is 2.84. The lowest BCUT2D eigenvalue weighted by Crippen LogP contribution is -2.29. The zero-order chi connectivity index (χ0) is 12.1. The van der Waals surface area contributed by atoms with Crippen LogP contribution < -0.4 is 11.2 Å². The summed E-state index contributed by atoms with van der Waals surface area (Å²) in [5, 5.41) is 0. The number of nitrogens with two attached hydrogens (primary N) is 1. The Morgan fingerprint density at radius 1 is 1.25 bits per heavy atom. The van der Waals surface area contributed by atoms with Crippen LogP contribution in [0.4, 0.5) is 0 Å². The fourth-order valence-corrected chi connectivity index (χ4v) is 2.21. The number of carbonyl (C=O) groups is 2. The third-order valence-electron chi connectivity index (χ3n) is 1.50. The van der Waals surface area contributed by atoms with Crippen LogP contribution in [0.2, 0.25) is 0 Å². The molecule has 1 aromatic carbocycles. The first-order chi connectivity index (χ1) is 7.49. The van der Waals surface area contributed by atoms with Gasteiger partial charge in [0.05, 0.1) is 0 Å². The van der Waals surface area contributed by atoms with Crippen LogP contribution in [0.1, 0.15) is 10.4 Å². The quantitative estimate of drug-likeness (QED) is 0.803. The Balaban J connectivity index is 2.62. The molecule has 0 aliphatic carbocycles. The van der Waals surface area contributed by atoms with Gasteiger partial charge >= 0.3 is 0 Å². The van der Waals surface area contributed by atoms with Gasteiger partial charge in [0.2, 0.25) is 5.91 Å². The fourth-order valence-electron chi connectivity index (χ4n) is 0.917. The molecule has 16 heavy (non-hydrogen) atoms. The topological polar surface area (TPSA) is 81.4 Å². The lowest BCUT2D eigenvalue weighted by atomic mass is 10.2. The molecule has 1 rings (SSSR count). The first-order valence-corrected chi connectivity index (χ1v) is 5.74. The van der Waals surface area contributed by atoms with Crippen molar-refractivity contribution in [3.8, 4) is 0 Å². The number of rotatable bonds is 4. The molecule has 0 spiro atoms. The first-order valence-electron chi connectivity index (χ1n) is 4.15. The zero-order valence-electron chi connectivity index (χ0n) is 8.00. The Hall–Kier alpha value is -0.920. The summed E-state index contributed by atoms with van der Waals surface area (Å²) in [6.07, 6.45) is 0. The highest BCUT2D eigenvalue weighted by Gasteiger charge is 2.07. The molecule has 0 radical (unpaired) electrons. The molecule has 0 saturated heterocycles. The number of benzene rings is 1. The molecule has 0 aliphatic rings. The Labute approximate surface area is 109 Å². The normalized spacial score (nSPS) is 9.88. The molecular weight excluding hydrogens is 344 g/mol. The van der Waals surface area contributed by atoms with Crippen LogP contribution in [-0.4, -0.2) is 18.4 Å². The Bertz CT molecular complexity index is 403. The van der Waals surface area contributed by atoms with E-state index in [9.17, 15) is 9.59 Å². The predicted octanol–water partition coefficient (Wildman–Crippen LogP) is 1.36. The van der Waals surface area contributed by atoms with Gasteiger partial charge in [-0.1, -0.05) is 31.9 Å². The second kappa shape index (κ2) is 5.97. The van der Waals surface area contributed by atoms with E-state index >= 15 is 0 Å². The summed E-state index contributed by atoms with van der Waals surface area (Å²) in [5.41, 5.74) is 7.33. The molecule has 0 aliphatic heterocycles. The minimum Gasteiger partial charge on any atom is -0.368 e. The summed E-state index contributed by atoms with van der Waals surface area (Å²) in [5.74, 6) is -1.11. The third-order valence-corrected chi connectivity index (χ3v) is 2.42. The van der Waals surface area contributed by atoms with Gasteiger partial charge in [0, 0.05) is 14.5 Å². The van der Waals surface area contributed by atoms with E-state index in [0.717, 1.165) is 8.95 Å². The van der Waals surface area contributed by atoms with E-state index in [2.05, 4.69) is 42.2 Å². The van der Waals surface area contributed by atoms with E-state index < -0.39 is 11.8 Å². The van der Waals surface area contributed by atoms with Gasteiger partial charge in [-0.15, -0.1) is 0 Å². The van der Waals surface area contributed by atoms with Gasteiger partial charge in [0.1, 0.15) is 0 Å². The van der Waals surface area contributed by atoms with E-state index in [1.807, 2.05) is 0 Å². The fraction of sp³-hybridized carbons (Fsp3) is 0.111. The summed E-state index contributed by atoms with van der Waals surface area (Å²) in [4.78, 5) is 26.4. The van der Waals surface area contributed by atoms with Crippen molar-refractivity contribution in [1.82, 2.24) is 5.48 Å². The van der Waals surface area contributed by atoms with Crippen LogP contribution in [-0.2, 0) is 9.63 Å². The summed E-state index contributed by atoms with van der Waals surface area (Å²) >= 11 is 6.50. The minimum atomic E-state index is -0.657. The van der Waals surface area contributed by atoms with Gasteiger partial charge in [-0.25, -0.2) is 5.48 Å². The largest absolute Gasteiger partial charge is 0.368 e. The van der Waals surface area contributed by atoms with Gasteiger partial charge in [-0.05, 0) is 18.2 Å². The van der Waals surface area contributed by atoms with Gasteiger partial charge in [-0.2, -0.15) is 0 Å². The average Bonchev–Trinajstić information content (AvgIpc) is 2.15. The number of halogens is 2.